The first kappa shape index (κ1) is 22.1. The number of nitrogens with zero attached hydrogens (tertiary/aromatic N) is 2. The summed E-state index contributed by atoms with van der Waals surface area (Å²) < 4.78 is 32.8. The van der Waals surface area contributed by atoms with E-state index < -0.39 is 16.8 Å². The molecule has 139 valence electrons. The summed E-state index contributed by atoms with van der Waals surface area (Å²) in [5, 5.41) is 9.07. The number of rotatable bonds is 6. The fourth-order valence-corrected chi connectivity index (χ4v) is 3.31. The minimum atomic E-state index is -3.83. The zero-order valence-electron chi connectivity index (χ0n) is 13.6. The molecule has 3 aromatic rings. The van der Waals surface area contributed by atoms with Crippen LogP contribution in [0.15, 0.2) is 71.9 Å². The van der Waals surface area contributed by atoms with Gasteiger partial charge in [-0.3, -0.25) is 4.72 Å². The highest BCUT2D eigenvalue weighted by Crippen LogP contribution is 2.34. The number of aliphatic hydroxyl groups is 1. The molecule has 0 spiro atoms. The molecule has 3 rings (SSSR count). The number of benzene rings is 2. The van der Waals surface area contributed by atoms with Crippen LogP contribution in [-0.4, -0.2) is 38.7 Å². The number of aromatic nitrogens is 2. The van der Waals surface area contributed by atoms with Crippen LogP contribution in [0.4, 0.5) is 5.82 Å². The first-order valence-corrected chi connectivity index (χ1v) is 8.82. The van der Waals surface area contributed by atoms with Gasteiger partial charge in [-0.1, -0.05) is 56.0 Å². The standard InChI is InChI=1S/C17H15N3O4S.CH4.B/c21-12-24-17-15(13-7-3-1-4-8-13)16(18-11-19-17)20-25(22,23)14-9-5-2-6-10-14;;/h1-11,21H,12H2,(H,18,19,20);1H4;. The van der Waals surface area contributed by atoms with Crippen molar-refractivity contribution in [1.82, 2.24) is 9.97 Å². The van der Waals surface area contributed by atoms with E-state index in [0.29, 0.717) is 11.1 Å². The van der Waals surface area contributed by atoms with E-state index in [-0.39, 0.29) is 32.4 Å². The number of ether oxygens (including phenoxy) is 1. The first-order valence-electron chi connectivity index (χ1n) is 7.34. The van der Waals surface area contributed by atoms with Gasteiger partial charge in [-0.15, -0.1) is 0 Å². The van der Waals surface area contributed by atoms with Crippen LogP contribution < -0.4 is 9.46 Å². The Bertz CT molecular complexity index is 955. The Morgan fingerprint density at radius 1 is 0.963 bits per heavy atom. The lowest BCUT2D eigenvalue weighted by molar-refractivity contribution is 0.0946. The van der Waals surface area contributed by atoms with Crippen LogP contribution >= 0.6 is 0 Å². The molecule has 0 bridgehead atoms. The fraction of sp³-hybridized carbons (Fsp3) is 0.111. The summed E-state index contributed by atoms with van der Waals surface area (Å²) in [4.78, 5) is 8.13. The predicted octanol–water partition coefficient (Wildman–Crippen LogP) is 2.53. The number of nitrogens with one attached hydrogen (secondary N) is 1. The second kappa shape index (κ2) is 9.70. The average molecular weight is 384 g/mol. The van der Waals surface area contributed by atoms with Crippen LogP contribution in [-0.2, 0) is 10.0 Å². The minimum Gasteiger partial charge on any atom is -0.450 e. The van der Waals surface area contributed by atoms with Gasteiger partial charge >= 0.3 is 0 Å². The van der Waals surface area contributed by atoms with Crippen molar-refractivity contribution in [1.29, 1.82) is 0 Å². The summed E-state index contributed by atoms with van der Waals surface area (Å²) in [5.74, 6) is 0.142. The van der Waals surface area contributed by atoms with Crippen molar-refractivity contribution in [2.45, 2.75) is 12.3 Å². The fourth-order valence-electron chi connectivity index (χ4n) is 2.27. The smallest absolute Gasteiger partial charge is 0.263 e. The summed E-state index contributed by atoms with van der Waals surface area (Å²) in [6.07, 6.45) is 1.17. The molecule has 2 aromatic carbocycles. The molecule has 1 heterocycles. The average Bonchev–Trinajstić information content (AvgIpc) is 2.63. The molecule has 0 amide bonds. The lowest BCUT2D eigenvalue weighted by Crippen LogP contribution is -2.15. The quantitative estimate of drug-likeness (QED) is 0.500. The van der Waals surface area contributed by atoms with E-state index in [1.807, 2.05) is 6.07 Å². The Labute approximate surface area is 160 Å². The lowest BCUT2D eigenvalue weighted by Gasteiger charge is -2.14. The zero-order valence-corrected chi connectivity index (χ0v) is 14.4. The summed E-state index contributed by atoms with van der Waals surface area (Å²) in [6.45, 7) is -0.596. The largest absolute Gasteiger partial charge is 0.450 e. The first-order chi connectivity index (χ1) is 12.1. The highest BCUT2D eigenvalue weighted by Gasteiger charge is 2.21. The summed E-state index contributed by atoms with van der Waals surface area (Å²) in [7, 11) is -3.83. The number of aliphatic hydroxyl groups excluding tert-OH is 1. The lowest BCUT2D eigenvalue weighted by atomic mass is 10.1. The predicted molar refractivity (Wildman–Crippen MR) is 105 cm³/mol. The third-order valence-corrected chi connectivity index (χ3v) is 4.72. The number of hydrogen-bond donors (Lipinski definition) is 2. The van der Waals surface area contributed by atoms with E-state index in [0.717, 1.165) is 0 Å². The Kier molecular flexibility index (Phi) is 7.95. The van der Waals surface area contributed by atoms with Gasteiger partial charge in [0.05, 0.1) is 10.5 Å². The third-order valence-electron chi connectivity index (χ3n) is 3.36. The number of sulfonamides is 1. The Balaban J connectivity index is 0.00000182. The molecule has 7 nitrogen and oxygen atoms in total. The van der Waals surface area contributed by atoms with Crippen molar-refractivity contribution in [2.75, 3.05) is 11.5 Å². The highest BCUT2D eigenvalue weighted by molar-refractivity contribution is 7.92. The van der Waals surface area contributed by atoms with Gasteiger partial charge in [0, 0.05) is 8.41 Å². The summed E-state index contributed by atoms with van der Waals surface area (Å²) in [6, 6.07) is 16.9. The number of anilines is 1. The van der Waals surface area contributed by atoms with Crippen LogP contribution in [0.3, 0.4) is 0 Å². The van der Waals surface area contributed by atoms with E-state index in [4.69, 9.17) is 9.84 Å². The van der Waals surface area contributed by atoms with Gasteiger partial charge in [-0.05, 0) is 17.7 Å². The maximum absolute atomic E-state index is 12.6. The molecule has 0 aliphatic rings. The van der Waals surface area contributed by atoms with Crippen molar-refractivity contribution in [2.24, 2.45) is 0 Å². The molecular weight excluding hydrogens is 365 g/mol. The van der Waals surface area contributed by atoms with Crippen LogP contribution in [0, 0.1) is 0 Å². The van der Waals surface area contributed by atoms with E-state index in [2.05, 4.69) is 14.7 Å². The van der Waals surface area contributed by atoms with Crippen molar-refractivity contribution >= 4 is 24.3 Å². The van der Waals surface area contributed by atoms with Crippen molar-refractivity contribution in [3.63, 3.8) is 0 Å². The van der Waals surface area contributed by atoms with Crippen LogP contribution in [0.25, 0.3) is 11.1 Å². The maximum atomic E-state index is 12.6. The molecule has 9 heteroatoms. The van der Waals surface area contributed by atoms with Crippen molar-refractivity contribution in [3.8, 4) is 17.0 Å². The van der Waals surface area contributed by atoms with Gasteiger partial charge in [-0.25, -0.2) is 18.4 Å². The van der Waals surface area contributed by atoms with E-state index in [9.17, 15) is 8.42 Å². The van der Waals surface area contributed by atoms with E-state index in [1.165, 1.54) is 18.5 Å². The van der Waals surface area contributed by atoms with E-state index in [1.54, 1.807) is 42.5 Å². The topological polar surface area (TPSA) is 101 Å². The maximum Gasteiger partial charge on any atom is 0.263 e. The monoisotopic (exact) mass is 384 g/mol. The molecule has 0 fully saturated rings. The van der Waals surface area contributed by atoms with Gasteiger partial charge in [0.1, 0.15) is 6.33 Å². The molecule has 0 saturated carbocycles. The molecule has 27 heavy (non-hydrogen) atoms. The Morgan fingerprint density at radius 2 is 1.56 bits per heavy atom. The molecule has 0 atom stereocenters. The van der Waals surface area contributed by atoms with Crippen molar-refractivity contribution < 1.29 is 18.3 Å². The zero-order chi connectivity index (χ0) is 17.7. The summed E-state index contributed by atoms with van der Waals surface area (Å²) in [5.41, 5.74) is 0.994. The number of hydrogen-bond acceptors (Lipinski definition) is 6. The Hall–Kier alpha value is -2.91. The molecule has 3 radical (unpaired) electrons. The Morgan fingerprint density at radius 3 is 2.15 bits per heavy atom. The van der Waals surface area contributed by atoms with Gasteiger partial charge in [0.2, 0.25) is 5.88 Å². The molecular formula is C18H19BN3O4S. The second-order valence-electron chi connectivity index (χ2n) is 4.96. The van der Waals surface area contributed by atoms with Gasteiger partial charge in [-0.2, -0.15) is 0 Å². The molecule has 2 N–H and O–H groups in total. The summed E-state index contributed by atoms with van der Waals surface area (Å²) >= 11 is 0. The normalized spacial score (nSPS) is 10.3. The van der Waals surface area contributed by atoms with Gasteiger partial charge < -0.3 is 9.84 Å². The van der Waals surface area contributed by atoms with Gasteiger partial charge in [0.15, 0.2) is 12.6 Å². The molecule has 1 aromatic heterocycles. The van der Waals surface area contributed by atoms with E-state index >= 15 is 0 Å². The minimum absolute atomic E-state index is 0. The second-order valence-corrected chi connectivity index (χ2v) is 6.64. The molecule has 0 aliphatic carbocycles. The van der Waals surface area contributed by atoms with Crippen LogP contribution in [0.2, 0.25) is 0 Å². The highest BCUT2D eigenvalue weighted by atomic mass is 32.2. The van der Waals surface area contributed by atoms with Crippen LogP contribution in [0.1, 0.15) is 7.43 Å². The van der Waals surface area contributed by atoms with Crippen LogP contribution in [0.5, 0.6) is 5.88 Å². The molecule has 0 saturated heterocycles. The van der Waals surface area contributed by atoms with Crippen molar-refractivity contribution in [3.05, 3.63) is 67.0 Å². The molecule has 0 unspecified atom stereocenters. The SMILES string of the molecule is C.O=S(=O)(Nc1ncnc(OCO)c1-c1ccccc1)c1ccccc1.[B]. The van der Waals surface area contributed by atoms with Gasteiger partial charge in [0.25, 0.3) is 10.0 Å². The third kappa shape index (κ3) is 5.05. The molecule has 0 aliphatic heterocycles.